The zero-order chi connectivity index (χ0) is 11.5. The van der Waals surface area contributed by atoms with E-state index in [4.69, 9.17) is 5.73 Å². The van der Waals surface area contributed by atoms with Gasteiger partial charge in [-0.2, -0.15) is 0 Å². The van der Waals surface area contributed by atoms with Crippen LogP contribution in [0.2, 0.25) is 0 Å². The summed E-state index contributed by atoms with van der Waals surface area (Å²) in [7, 11) is 0. The standard InChI is InChI=1S/C9H10N2O4/c1-9(11(13)14,15-8(10)12)7-5-3-2-4-6-7/h2-6H,1H3,(H2,10,12). The van der Waals surface area contributed by atoms with Gasteiger partial charge in [0.25, 0.3) is 0 Å². The molecule has 0 radical (unpaired) electrons. The SMILES string of the molecule is CC(OC(N)=O)(c1ccccc1)[N+](=O)[O-]. The lowest BCUT2D eigenvalue weighted by Gasteiger charge is -2.19. The minimum Gasteiger partial charge on any atom is -0.375 e. The fourth-order valence-corrected chi connectivity index (χ4v) is 1.14. The zero-order valence-corrected chi connectivity index (χ0v) is 8.04. The van der Waals surface area contributed by atoms with Gasteiger partial charge in [-0.3, -0.25) is 10.1 Å². The first-order valence-electron chi connectivity index (χ1n) is 4.15. The van der Waals surface area contributed by atoms with Crippen molar-refractivity contribution < 1.29 is 14.5 Å². The molecule has 0 heterocycles. The number of nitro groups is 1. The van der Waals surface area contributed by atoms with E-state index in [9.17, 15) is 14.9 Å². The van der Waals surface area contributed by atoms with Gasteiger partial charge in [0.2, 0.25) is 0 Å². The number of rotatable bonds is 3. The van der Waals surface area contributed by atoms with Crippen LogP contribution in [0.3, 0.4) is 0 Å². The van der Waals surface area contributed by atoms with E-state index in [0.29, 0.717) is 0 Å². The minimum atomic E-state index is -1.94. The zero-order valence-electron chi connectivity index (χ0n) is 8.04. The van der Waals surface area contributed by atoms with E-state index in [2.05, 4.69) is 4.74 Å². The number of benzene rings is 1. The summed E-state index contributed by atoms with van der Waals surface area (Å²) in [5.74, 6) is 0. The Kier molecular flexibility index (Phi) is 2.89. The Hall–Kier alpha value is -2.11. The molecule has 1 atom stereocenters. The molecule has 0 aliphatic heterocycles. The van der Waals surface area contributed by atoms with Crippen LogP contribution in [0.15, 0.2) is 30.3 Å². The van der Waals surface area contributed by atoms with Crippen molar-refractivity contribution in [2.24, 2.45) is 5.73 Å². The highest BCUT2D eigenvalue weighted by Gasteiger charge is 2.43. The van der Waals surface area contributed by atoms with E-state index in [-0.39, 0.29) is 5.56 Å². The molecule has 80 valence electrons. The molecule has 6 heteroatoms. The molecule has 6 nitrogen and oxygen atoms in total. The topological polar surface area (TPSA) is 95.5 Å². The first-order valence-corrected chi connectivity index (χ1v) is 4.15. The van der Waals surface area contributed by atoms with Gasteiger partial charge < -0.3 is 10.5 Å². The summed E-state index contributed by atoms with van der Waals surface area (Å²) in [5.41, 5.74) is 3.11. The minimum absolute atomic E-state index is 0.258. The van der Waals surface area contributed by atoms with Crippen LogP contribution in [0.1, 0.15) is 12.5 Å². The molecule has 0 aliphatic carbocycles. The number of ether oxygens (including phenoxy) is 1. The summed E-state index contributed by atoms with van der Waals surface area (Å²) in [6.07, 6.45) is -1.18. The lowest BCUT2D eigenvalue weighted by molar-refractivity contribution is -0.626. The number of carbonyl (C=O) groups is 1. The smallest absolute Gasteiger partial charge is 0.375 e. The van der Waals surface area contributed by atoms with Crippen LogP contribution in [-0.2, 0) is 10.5 Å². The maximum Gasteiger partial charge on any atom is 0.410 e. The van der Waals surface area contributed by atoms with Crippen molar-refractivity contribution in [1.82, 2.24) is 0 Å². The molecule has 1 aromatic rings. The van der Waals surface area contributed by atoms with Crippen LogP contribution in [0, 0.1) is 10.1 Å². The molecule has 0 fully saturated rings. The molecule has 2 N–H and O–H groups in total. The average molecular weight is 210 g/mol. The van der Waals surface area contributed by atoms with Gasteiger partial charge in [0.15, 0.2) is 0 Å². The third-order valence-corrected chi connectivity index (χ3v) is 1.96. The number of carbonyl (C=O) groups excluding carboxylic acids is 1. The van der Waals surface area contributed by atoms with Crippen molar-refractivity contribution in [2.45, 2.75) is 12.6 Å². The number of nitrogens with two attached hydrogens (primary N) is 1. The Morgan fingerprint density at radius 3 is 2.40 bits per heavy atom. The molecule has 1 amide bonds. The van der Waals surface area contributed by atoms with Crippen LogP contribution < -0.4 is 5.73 Å². The third-order valence-electron chi connectivity index (χ3n) is 1.96. The molecular weight excluding hydrogens is 200 g/mol. The van der Waals surface area contributed by atoms with Gasteiger partial charge in [0.05, 0.1) is 17.4 Å². The molecule has 0 spiro atoms. The third kappa shape index (κ3) is 2.22. The molecule has 0 aliphatic rings. The number of hydrogen-bond donors (Lipinski definition) is 1. The second-order valence-electron chi connectivity index (χ2n) is 3.03. The van der Waals surface area contributed by atoms with Gasteiger partial charge in [0, 0.05) is 0 Å². The molecule has 0 aromatic heterocycles. The summed E-state index contributed by atoms with van der Waals surface area (Å²) in [6.45, 7) is 1.17. The molecule has 0 saturated heterocycles. The monoisotopic (exact) mass is 210 g/mol. The summed E-state index contributed by atoms with van der Waals surface area (Å²) >= 11 is 0. The van der Waals surface area contributed by atoms with E-state index >= 15 is 0 Å². The first kappa shape index (κ1) is 11.0. The number of amides is 1. The van der Waals surface area contributed by atoms with Gasteiger partial charge in [-0.15, -0.1) is 0 Å². The van der Waals surface area contributed by atoms with Crippen LogP contribution in [0.4, 0.5) is 4.79 Å². The largest absolute Gasteiger partial charge is 0.410 e. The highest BCUT2D eigenvalue weighted by molar-refractivity contribution is 5.65. The number of primary amides is 1. The Labute approximate surface area is 85.8 Å². The van der Waals surface area contributed by atoms with Gasteiger partial charge in [-0.25, -0.2) is 4.79 Å². The van der Waals surface area contributed by atoms with Crippen LogP contribution >= 0.6 is 0 Å². The summed E-state index contributed by atoms with van der Waals surface area (Å²) in [5, 5.41) is 10.8. The van der Waals surface area contributed by atoms with Crippen LogP contribution in [0.25, 0.3) is 0 Å². The maximum absolute atomic E-state index is 10.8. The van der Waals surface area contributed by atoms with Crippen molar-refractivity contribution in [1.29, 1.82) is 0 Å². The maximum atomic E-state index is 10.8. The van der Waals surface area contributed by atoms with Crippen LogP contribution in [-0.4, -0.2) is 11.0 Å². The predicted molar refractivity (Wildman–Crippen MR) is 51.5 cm³/mol. The van der Waals surface area contributed by atoms with E-state index in [1.54, 1.807) is 18.2 Å². The number of hydrogen-bond acceptors (Lipinski definition) is 4. The molecule has 0 bridgehead atoms. The second-order valence-corrected chi connectivity index (χ2v) is 3.03. The number of nitrogens with zero attached hydrogens (tertiary/aromatic N) is 1. The van der Waals surface area contributed by atoms with E-state index < -0.39 is 16.7 Å². The van der Waals surface area contributed by atoms with Gasteiger partial charge in [0.1, 0.15) is 0 Å². The lowest BCUT2D eigenvalue weighted by atomic mass is 10.1. The predicted octanol–water partition coefficient (Wildman–Crippen LogP) is 1.23. The highest BCUT2D eigenvalue weighted by Crippen LogP contribution is 2.25. The Balaban J connectivity index is 3.13. The summed E-state index contributed by atoms with van der Waals surface area (Å²) < 4.78 is 4.53. The van der Waals surface area contributed by atoms with Gasteiger partial charge >= 0.3 is 11.8 Å². The van der Waals surface area contributed by atoms with E-state index in [0.717, 1.165) is 0 Å². The van der Waals surface area contributed by atoms with Crippen LogP contribution in [0.5, 0.6) is 0 Å². The molecule has 1 aromatic carbocycles. The average Bonchev–Trinajstić information content (AvgIpc) is 2.17. The highest BCUT2D eigenvalue weighted by atomic mass is 16.7. The van der Waals surface area contributed by atoms with E-state index in [1.807, 2.05) is 0 Å². The van der Waals surface area contributed by atoms with Crippen molar-refractivity contribution >= 4 is 6.09 Å². The van der Waals surface area contributed by atoms with Crippen molar-refractivity contribution in [2.75, 3.05) is 0 Å². The van der Waals surface area contributed by atoms with Gasteiger partial charge in [-0.05, 0) is 12.1 Å². The van der Waals surface area contributed by atoms with Crippen molar-refractivity contribution in [3.63, 3.8) is 0 Å². The fourth-order valence-electron chi connectivity index (χ4n) is 1.14. The summed E-state index contributed by atoms with van der Waals surface area (Å²) in [6, 6.07) is 7.91. The Morgan fingerprint density at radius 1 is 1.47 bits per heavy atom. The normalized spacial score (nSPS) is 13.9. The lowest BCUT2D eigenvalue weighted by Crippen LogP contribution is -2.38. The quantitative estimate of drug-likeness (QED) is 0.461. The molecule has 15 heavy (non-hydrogen) atoms. The first-order chi connectivity index (χ1) is 6.97. The fraction of sp³-hybridized carbons (Fsp3) is 0.222. The molecule has 1 rings (SSSR count). The van der Waals surface area contributed by atoms with Crippen molar-refractivity contribution in [3.05, 3.63) is 46.0 Å². The van der Waals surface area contributed by atoms with E-state index in [1.165, 1.54) is 19.1 Å². The molecule has 1 unspecified atom stereocenters. The molecular formula is C9H10N2O4. The van der Waals surface area contributed by atoms with Gasteiger partial charge in [-0.1, -0.05) is 18.2 Å². The molecule has 0 saturated carbocycles. The second kappa shape index (κ2) is 3.95. The Morgan fingerprint density at radius 2 is 2.00 bits per heavy atom. The van der Waals surface area contributed by atoms with Crippen molar-refractivity contribution in [3.8, 4) is 0 Å². The summed E-state index contributed by atoms with van der Waals surface area (Å²) in [4.78, 5) is 20.7. The Bertz CT molecular complexity index is 379.